The van der Waals surface area contributed by atoms with Gasteiger partial charge in [-0.05, 0) is 31.2 Å². The lowest BCUT2D eigenvalue weighted by atomic mass is 10.1. The van der Waals surface area contributed by atoms with Crippen molar-refractivity contribution < 1.29 is 28.9 Å². The van der Waals surface area contributed by atoms with Gasteiger partial charge in [0, 0.05) is 17.7 Å². The van der Waals surface area contributed by atoms with Gasteiger partial charge < -0.3 is 14.4 Å². The number of carbonyl (C=O) groups excluding carboxylic acids is 2. The molecule has 1 aliphatic rings. The number of carbonyl (C=O) groups is 2. The maximum Gasteiger partial charge on any atom is 0.270 e. The molecule has 0 saturated carbocycles. The van der Waals surface area contributed by atoms with Gasteiger partial charge in [-0.1, -0.05) is 0 Å². The van der Waals surface area contributed by atoms with E-state index in [1.54, 1.807) is 7.11 Å². The molecule has 1 heterocycles. The van der Waals surface area contributed by atoms with E-state index in [1.807, 2.05) is 32.2 Å². The number of nitro benzene ring substituents is 1. The smallest absolute Gasteiger partial charge is 0.270 e. The Labute approximate surface area is 167 Å². The lowest BCUT2D eigenvalue weighted by Crippen LogP contribution is -3.09. The third-order valence-corrected chi connectivity index (χ3v) is 4.63. The molecular weight excluding hydrogens is 378 g/mol. The molecule has 1 atom stereocenters. The molecule has 1 N–H and O–H groups in total. The summed E-state index contributed by atoms with van der Waals surface area (Å²) in [5.41, 5.74) is 1.000. The number of nitrogens with one attached hydrogen (secondary N) is 1. The first kappa shape index (κ1) is 20.3. The number of non-ortho nitro benzene ring substituents is 1. The Morgan fingerprint density at radius 3 is 2.45 bits per heavy atom. The topological polar surface area (TPSA) is 103 Å². The van der Waals surface area contributed by atoms with Crippen molar-refractivity contribution in [1.29, 1.82) is 0 Å². The molecule has 3 rings (SSSR count). The minimum absolute atomic E-state index is 0.0692. The average Bonchev–Trinajstić information content (AvgIpc) is 2.93. The predicted octanol–water partition coefficient (Wildman–Crippen LogP) is 1.27. The van der Waals surface area contributed by atoms with E-state index in [1.165, 1.54) is 12.1 Å². The summed E-state index contributed by atoms with van der Waals surface area (Å²) in [6.45, 7) is 3.09. The van der Waals surface area contributed by atoms with E-state index in [0.29, 0.717) is 24.7 Å². The van der Waals surface area contributed by atoms with Crippen molar-refractivity contribution in [3.05, 3.63) is 63.2 Å². The van der Waals surface area contributed by atoms with Crippen molar-refractivity contribution in [3.63, 3.8) is 0 Å². The van der Waals surface area contributed by atoms with Gasteiger partial charge in [0.05, 0.1) is 36.8 Å². The van der Waals surface area contributed by atoms with Gasteiger partial charge in [0.2, 0.25) is 0 Å². The molecule has 9 heteroatoms. The number of nitrogens with zero attached hydrogens (tertiary/aromatic N) is 2. The molecule has 2 aromatic carbocycles. The summed E-state index contributed by atoms with van der Waals surface area (Å²) in [7, 11) is 3.42. The Hall–Kier alpha value is -3.46. The zero-order valence-electron chi connectivity index (χ0n) is 16.4. The minimum Gasteiger partial charge on any atom is -0.493 e. The highest BCUT2D eigenvalue weighted by Crippen LogP contribution is 2.28. The molecule has 2 amide bonds. The highest BCUT2D eigenvalue weighted by atomic mass is 16.6. The maximum atomic E-state index is 12.6. The first-order valence-corrected chi connectivity index (χ1v) is 9.11. The van der Waals surface area contributed by atoms with Crippen LogP contribution in [-0.2, 0) is 6.54 Å². The molecule has 1 unspecified atom stereocenters. The number of fused-ring (bicyclic) bond motifs is 1. The highest BCUT2D eigenvalue weighted by molar-refractivity contribution is 6.21. The summed E-state index contributed by atoms with van der Waals surface area (Å²) in [5, 5.41) is 10.9. The van der Waals surface area contributed by atoms with E-state index < -0.39 is 16.7 Å². The number of rotatable bonds is 8. The lowest BCUT2D eigenvalue weighted by molar-refractivity contribution is -0.901. The van der Waals surface area contributed by atoms with Crippen LogP contribution in [0.4, 0.5) is 5.69 Å². The second-order valence-electron chi connectivity index (χ2n) is 6.74. The van der Waals surface area contributed by atoms with E-state index in [-0.39, 0.29) is 23.5 Å². The molecule has 0 bridgehead atoms. The summed E-state index contributed by atoms with van der Waals surface area (Å²) in [6.07, 6.45) is 0. The van der Waals surface area contributed by atoms with E-state index in [4.69, 9.17) is 9.47 Å². The SMILES string of the molecule is CCOc1ccc(C[NH+](C)CN2C(=O)c3ccc([N+](=O)[O-])cc3C2=O)cc1OC. The molecule has 0 radical (unpaired) electrons. The fourth-order valence-electron chi connectivity index (χ4n) is 3.31. The second-order valence-corrected chi connectivity index (χ2v) is 6.74. The van der Waals surface area contributed by atoms with E-state index >= 15 is 0 Å². The third-order valence-electron chi connectivity index (χ3n) is 4.63. The van der Waals surface area contributed by atoms with Crippen LogP contribution in [0.3, 0.4) is 0 Å². The Morgan fingerprint density at radius 1 is 1.07 bits per heavy atom. The monoisotopic (exact) mass is 400 g/mol. The quantitative estimate of drug-likeness (QED) is 0.407. The average molecular weight is 400 g/mol. The molecule has 1 aliphatic heterocycles. The summed E-state index contributed by atoms with van der Waals surface area (Å²) < 4.78 is 10.9. The zero-order valence-corrected chi connectivity index (χ0v) is 16.4. The molecule has 2 aromatic rings. The first-order valence-electron chi connectivity index (χ1n) is 9.11. The maximum absolute atomic E-state index is 12.6. The van der Waals surface area contributed by atoms with Crippen molar-refractivity contribution >= 4 is 17.5 Å². The van der Waals surface area contributed by atoms with Crippen molar-refractivity contribution in [3.8, 4) is 11.5 Å². The predicted molar refractivity (Wildman–Crippen MR) is 103 cm³/mol. The molecule has 0 spiro atoms. The first-order chi connectivity index (χ1) is 13.8. The van der Waals surface area contributed by atoms with Crippen molar-refractivity contribution in [1.82, 2.24) is 4.90 Å². The number of benzene rings is 2. The Bertz CT molecular complexity index is 975. The number of amides is 2. The number of quaternary nitrogens is 1. The van der Waals surface area contributed by atoms with Gasteiger partial charge in [-0.25, -0.2) is 4.90 Å². The van der Waals surface area contributed by atoms with Gasteiger partial charge in [0.15, 0.2) is 18.2 Å². The Kier molecular flexibility index (Phi) is 5.79. The van der Waals surface area contributed by atoms with Crippen LogP contribution < -0.4 is 14.4 Å². The van der Waals surface area contributed by atoms with Crippen LogP contribution in [0, 0.1) is 10.1 Å². The van der Waals surface area contributed by atoms with Gasteiger partial charge in [0.25, 0.3) is 17.5 Å². The van der Waals surface area contributed by atoms with Crippen LogP contribution in [-0.4, -0.2) is 49.1 Å². The van der Waals surface area contributed by atoms with Crippen LogP contribution in [0.25, 0.3) is 0 Å². The molecule has 0 aromatic heterocycles. The van der Waals surface area contributed by atoms with Crippen LogP contribution >= 0.6 is 0 Å². The van der Waals surface area contributed by atoms with E-state index in [9.17, 15) is 19.7 Å². The van der Waals surface area contributed by atoms with Crippen LogP contribution in [0.5, 0.6) is 11.5 Å². The standard InChI is InChI=1S/C20H21N3O6/c1-4-29-17-8-5-13(9-18(17)28-3)11-21(2)12-22-19(24)15-7-6-14(23(26)27)10-16(15)20(22)25/h5-10H,4,11-12H2,1-3H3/p+1. The van der Waals surface area contributed by atoms with Crippen molar-refractivity contribution in [2.24, 2.45) is 0 Å². The molecular formula is C20H22N3O6+. The van der Waals surface area contributed by atoms with Gasteiger partial charge in [-0.3, -0.25) is 19.7 Å². The largest absolute Gasteiger partial charge is 0.493 e. The minimum atomic E-state index is -0.586. The number of hydrogen-bond donors (Lipinski definition) is 1. The highest BCUT2D eigenvalue weighted by Gasteiger charge is 2.38. The molecule has 29 heavy (non-hydrogen) atoms. The van der Waals surface area contributed by atoms with E-state index in [0.717, 1.165) is 21.4 Å². The molecule has 0 aliphatic carbocycles. The fourth-order valence-corrected chi connectivity index (χ4v) is 3.31. The van der Waals surface area contributed by atoms with Crippen LogP contribution in [0.1, 0.15) is 33.2 Å². The second kappa shape index (κ2) is 8.27. The molecule has 152 valence electrons. The number of hydrogen-bond acceptors (Lipinski definition) is 6. The van der Waals surface area contributed by atoms with E-state index in [2.05, 4.69) is 0 Å². The normalized spacial score (nSPS) is 14.0. The molecule has 9 nitrogen and oxygen atoms in total. The summed E-state index contributed by atoms with van der Waals surface area (Å²) in [4.78, 5) is 37.6. The fraction of sp³-hybridized carbons (Fsp3) is 0.300. The molecule has 0 fully saturated rings. The Morgan fingerprint density at radius 2 is 1.79 bits per heavy atom. The summed E-state index contributed by atoms with van der Waals surface area (Å²) >= 11 is 0. The third kappa shape index (κ3) is 4.04. The van der Waals surface area contributed by atoms with Crippen LogP contribution in [0.2, 0.25) is 0 Å². The number of nitro groups is 1. The lowest BCUT2D eigenvalue weighted by Gasteiger charge is -2.20. The van der Waals surface area contributed by atoms with Gasteiger partial charge in [-0.15, -0.1) is 0 Å². The number of methoxy groups -OCH3 is 1. The van der Waals surface area contributed by atoms with Gasteiger partial charge in [-0.2, -0.15) is 0 Å². The number of imide groups is 1. The molecule has 0 saturated heterocycles. The summed E-state index contributed by atoms with van der Waals surface area (Å²) in [6, 6.07) is 9.31. The van der Waals surface area contributed by atoms with Gasteiger partial charge >= 0.3 is 0 Å². The van der Waals surface area contributed by atoms with Crippen molar-refractivity contribution in [2.75, 3.05) is 27.4 Å². The Balaban J connectivity index is 1.72. The van der Waals surface area contributed by atoms with Crippen molar-refractivity contribution in [2.45, 2.75) is 13.5 Å². The number of ether oxygens (including phenoxy) is 2. The van der Waals surface area contributed by atoms with Gasteiger partial charge in [0.1, 0.15) is 6.54 Å². The van der Waals surface area contributed by atoms with Crippen LogP contribution in [0.15, 0.2) is 36.4 Å². The summed E-state index contributed by atoms with van der Waals surface area (Å²) in [5.74, 6) is 0.310. The zero-order chi connectivity index (χ0) is 21.1.